The second-order valence-electron chi connectivity index (χ2n) is 2.34. The van der Waals surface area contributed by atoms with Crippen molar-refractivity contribution in [3.63, 3.8) is 0 Å². The lowest BCUT2D eigenvalue weighted by molar-refractivity contribution is -0.140. The summed E-state index contributed by atoms with van der Waals surface area (Å²) in [6, 6.07) is 0. The number of unbranched alkanes of at least 4 members (excludes halogenated alkanes) is 3. The molecule has 0 unspecified atom stereocenters. The number of terminal acetylenes is 1. The summed E-state index contributed by atoms with van der Waals surface area (Å²) in [5.74, 6) is 2.42. The van der Waals surface area contributed by atoms with E-state index in [1.165, 1.54) is 7.11 Å². The van der Waals surface area contributed by atoms with Crippen LogP contribution in [-0.2, 0) is 9.53 Å². The van der Waals surface area contributed by atoms with Crippen molar-refractivity contribution in [1.82, 2.24) is 0 Å². The highest BCUT2D eigenvalue weighted by atomic mass is 16.5. The van der Waals surface area contributed by atoms with Gasteiger partial charge in [0.2, 0.25) is 0 Å². The van der Waals surface area contributed by atoms with Crippen molar-refractivity contribution in [1.29, 1.82) is 0 Å². The van der Waals surface area contributed by atoms with Gasteiger partial charge in [0.15, 0.2) is 0 Å². The van der Waals surface area contributed by atoms with Gasteiger partial charge in [0, 0.05) is 12.8 Å². The van der Waals surface area contributed by atoms with Gasteiger partial charge in [-0.2, -0.15) is 0 Å². The molecular weight excluding hydrogens is 140 g/mol. The maximum atomic E-state index is 10.6. The van der Waals surface area contributed by atoms with E-state index in [0.717, 1.165) is 25.7 Å². The number of hydrogen-bond acceptors (Lipinski definition) is 2. The monoisotopic (exact) mass is 154 g/mol. The molecule has 11 heavy (non-hydrogen) atoms. The Hall–Kier alpha value is -0.970. The van der Waals surface area contributed by atoms with Crippen LogP contribution in [0.5, 0.6) is 0 Å². The molecular formula is C9H14O2. The first-order valence-corrected chi connectivity index (χ1v) is 3.81. The molecule has 0 N–H and O–H groups in total. The molecule has 0 fully saturated rings. The van der Waals surface area contributed by atoms with Gasteiger partial charge in [-0.15, -0.1) is 12.3 Å². The summed E-state index contributed by atoms with van der Waals surface area (Å²) in [4.78, 5) is 10.6. The molecule has 62 valence electrons. The molecule has 0 saturated carbocycles. The Labute approximate surface area is 67.9 Å². The summed E-state index contributed by atoms with van der Waals surface area (Å²) in [5, 5.41) is 0. The second-order valence-corrected chi connectivity index (χ2v) is 2.34. The van der Waals surface area contributed by atoms with Gasteiger partial charge in [-0.1, -0.05) is 6.42 Å². The van der Waals surface area contributed by atoms with Crippen LogP contribution in [0.1, 0.15) is 32.1 Å². The van der Waals surface area contributed by atoms with E-state index in [2.05, 4.69) is 10.7 Å². The van der Waals surface area contributed by atoms with Crippen LogP contribution in [0.15, 0.2) is 0 Å². The van der Waals surface area contributed by atoms with Gasteiger partial charge in [-0.25, -0.2) is 0 Å². The molecule has 0 aliphatic carbocycles. The van der Waals surface area contributed by atoms with Crippen molar-refractivity contribution in [2.75, 3.05) is 7.11 Å². The minimum Gasteiger partial charge on any atom is -0.469 e. The number of carbonyl (C=O) groups is 1. The molecule has 0 heterocycles. The summed E-state index contributed by atoms with van der Waals surface area (Å²) in [5.41, 5.74) is 0. The predicted molar refractivity (Wildman–Crippen MR) is 43.9 cm³/mol. The third-order valence-corrected chi connectivity index (χ3v) is 1.43. The first-order chi connectivity index (χ1) is 5.31. The van der Waals surface area contributed by atoms with Gasteiger partial charge in [-0.05, 0) is 12.8 Å². The van der Waals surface area contributed by atoms with Gasteiger partial charge >= 0.3 is 5.97 Å². The number of ether oxygens (including phenoxy) is 1. The van der Waals surface area contributed by atoms with E-state index >= 15 is 0 Å². The Kier molecular flexibility index (Phi) is 6.51. The molecule has 0 atom stereocenters. The minimum absolute atomic E-state index is 0.134. The van der Waals surface area contributed by atoms with Crippen molar-refractivity contribution in [3.05, 3.63) is 0 Å². The maximum absolute atomic E-state index is 10.6. The van der Waals surface area contributed by atoms with Gasteiger partial charge in [0.1, 0.15) is 0 Å². The SMILES string of the molecule is C#CCCCCCC(=O)OC. The summed E-state index contributed by atoms with van der Waals surface area (Å²) in [6.07, 6.45) is 9.28. The average Bonchev–Trinajstić information content (AvgIpc) is 2.04. The van der Waals surface area contributed by atoms with E-state index in [1.54, 1.807) is 0 Å². The maximum Gasteiger partial charge on any atom is 0.305 e. The Balaban J connectivity index is 3.03. The molecule has 0 saturated heterocycles. The normalized spacial score (nSPS) is 8.73. The smallest absolute Gasteiger partial charge is 0.305 e. The second kappa shape index (κ2) is 7.14. The number of esters is 1. The quantitative estimate of drug-likeness (QED) is 0.342. The summed E-state index contributed by atoms with van der Waals surface area (Å²) in [7, 11) is 1.41. The zero-order valence-electron chi connectivity index (χ0n) is 6.93. The van der Waals surface area contributed by atoms with Crippen LogP contribution in [0.4, 0.5) is 0 Å². The fourth-order valence-corrected chi connectivity index (χ4v) is 0.775. The Morgan fingerprint density at radius 1 is 1.45 bits per heavy atom. The van der Waals surface area contributed by atoms with Crippen molar-refractivity contribution in [2.24, 2.45) is 0 Å². The molecule has 2 nitrogen and oxygen atoms in total. The van der Waals surface area contributed by atoms with Crippen molar-refractivity contribution < 1.29 is 9.53 Å². The number of methoxy groups -OCH3 is 1. The highest BCUT2D eigenvalue weighted by Crippen LogP contribution is 2.02. The third kappa shape index (κ3) is 6.92. The van der Waals surface area contributed by atoms with Crippen LogP contribution in [0.25, 0.3) is 0 Å². The lowest BCUT2D eigenvalue weighted by atomic mass is 10.1. The highest BCUT2D eigenvalue weighted by Gasteiger charge is 1.97. The minimum atomic E-state index is -0.134. The first-order valence-electron chi connectivity index (χ1n) is 3.81. The molecule has 0 aromatic rings. The van der Waals surface area contributed by atoms with E-state index in [9.17, 15) is 4.79 Å². The Morgan fingerprint density at radius 2 is 2.18 bits per heavy atom. The van der Waals surface area contributed by atoms with E-state index in [-0.39, 0.29) is 5.97 Å². The third-order valence-electron chi connectivity index (χ3n) is 1.43. The molecule has 0 radical (unpaired) electrons. The van der Waals surface area contributed by atoms with Crippen LogP contribution in [0.2, 0.25) is 0 Å². The van der Waals surface area contributed by atoms with E-state index in [0.29, 0.717) is 6.42 Å². The predicted octanol–water partition coefficient (Wildman–Crippen LogP) is 1.74. The van der Waals surface area contributed by atoms with Crippen molar-refractivity contribution >= 4 is 5.97 Å². The lowest BCUT2D eigenvalue weighted by Crippen LogP contribution is -1.98. The molecule has 0 aromatic heterocycles. The van der Waals surface area contributed by atoms with E-state index in [1.807, 2.05) is 0 Å². The molecule has 0 aromatic carbocycles. The molecule has 0 spiro atoms. The molecule has 0 amide bonds. The molecule has 0 aliphatic heterocycles. The van der Waals surface area contributed by atoms with E-state index < -0.39 is 0 Å². The van der Waals surface area contributed by atoms with Crippen LogP contribution in [0, 0.1) is 12.3 Å². The Bertz CT molecular complexity index is 144. The topological polar surface area (TPSA) is 26.3 Å². The number of carbonyl (C=O) groups excluding carboxylic acids is 1. The highest BCUT2D eigenvalue weighted by molar-refractivity contribution is 5.68. The van der Waals surface area contributed by atoms with Crippen LogP contribution < -0.4 is 0 Å². The van der Waals surface area contributed by atoms with Crippen LogP contribution in [0.3, 0.4) is 0 Å². The standard InChI is InChI=1S/C9H14O2/c1-3-4-5-6-7-8-9(10)11-2/h1H,4-8H2,2H3. The first kappa shape index (κ1) is 10.0. The average molecular weight is 154 g/mol. The number of hydrogen-bond donors (Lipinski definition) is 0. The molecule has 0 rings (SSSR count). The summed E-state index contributed by atoms with van der Waals surface area (Å²) < 4.78 is 4.48. The van der Waals surface area contributed by atoms with Crippen molar-refractivity contribution in [2.45, 2.75) is 32.1 Å². The van der Waals surface area contributed by atoms with Crippen LogP contribution >= 0.6 is 0 Å². The fraction of sp³-hybridized carbons (Fsp3) is 0.667. The summed E-state index contributed by atoms with van der Waals surface area (Å²) >= 11 is 0. The fourth-order valence-electron chi connectivity index (χ4n) is 0.775. The van der Waals surface area contributed by atoms with Crippen LogP contribution in [-0.4, -0.2) is 13.1 Å². The molecule has 0 aliphatic rings. The van der Waals surface area contributed by atoms with Gasteiger partial charge < -0.3 is 4.74 Å². The summed E-state index contributed by atoms with van der Waals surface area (Å²) in [6.45, 7) is 0. The zero-order valence-corrected chi connectivity index (χ0v) is 6.93. The zero-order chi connectivity index (χ0) is 8.53. The lowest BCUT2D eigenvalue weighted by Gasteiger charge is -1.97. The number of rotatable bonds is 5. The molecule has 2 heteroatoms. The van der Waals surface area contributed by atoms with Gasteiger partial charge in [0.25, 0.3) is 0 Å². The van der Waals surface area contributed by atoms with Gasteiger partial charge in [0.05, 0.1) is 7.11 Å². The largest absolute Gasteiger partial charge is 0.469 e. The molecule has 0 bridgehead atoms. The Morgan fingerprint density at radius 3 is 2.73 bits per heavy atom. The van der Waals surface area contributed by atoms with Gasteiger partial charge in [-0.3, -0.25) is 4.79 Å². The van der Waals surface area contributed by atoms with Crippen molar-refractivity contribution in [3.8, 4) is 12.3 Å². The van der Waals surface area contributed by atoms with E-state index in [4.69, 9.17) is 6.42 Å².